The summed E-state index contributed by atoms with van der Waals surface area (Å²) in [5.74, 6) is -0.251. The Kier molecular flexibility index (Phi) is 8.28. The number of rotatable bonds is 5. The number of hydrogen-bond acceptors (Lipinski definition) is 2. The van der Waals surface area contributed by atoms with E-state index in [4.69, 9.17) is 23.2 Å². The normalized spacial score (nSPS) is 17.3. The first-order valence-electron chi connectivity index (χ1n) is 7.23. The first kappa shape index (κ1) is 19.0. The summed E-state index contributed by atoms with van der Waals surface area (Å²) in [5.41, 5.74) is 0.564. The summed E-state index contributed by atoms with van der Waals surface area (Å²) >= 11 is 12.4. The quantitative estimate of drug-likeness (QED) is 0.771. The second kappa shape index (κ2) is 9.16. The van der Waals surface area contributed by atoms with Crippen LogP contribution in [0.5, 0.6) is 0 Å². The minimum Gasteiger partial charge on any atom is -0.314 e. The average molecular weight is 356 g/mol. The van der Waals surface area contributed by atoms with E-state index in [1.165, 1.54) is 12.1 Å². The molecular formula is C15H22Cl3FN2. The molecule has 2 rings (SSSR count). The molecule has 0 saturated carbocycles. The summed E-state index contributed by atoms with van der Waals surface area (Å²) in [6.45, 7) is 5.84. The SMILES string of the molecule is CCCC[C@@H](c1c(F)ccc(Cl)c1Cl)N1CCNCC1.Cl. The monoisotopic (exact) mass is 354 g/mol. The number of nitrogens with zero attached hydrogens (tertiary/aromatic N) is 1. The van der Waals surface area contributed by atoms with Gasteiger partial charge in [0.1, 0.15) is 5.82 Å². The minimum absolute atomic E-state index is 0. The van der Waals surface area contributed by atoms with Crippen molar-refractivity contribution in [1.82, 2.24) is 10.2 Å². The first-order valence-corrected chi connectivity index (χ1v) is 7.99. The van der Waals surface area contributed by atoms with Crippen molar-refractivity contribution in [1.29, 1.82) is 0 Å². The van der Waals surface area contributed by atoms with Gasteiger partial charge in [0.2, 0.25) is 0 Å². The highest BCUT2D eigenvalue weighted by molar-refractivity contribution is 6.42. The smallest absolute Gasteiger partial charge is 0.129 e. The van der Waals surface area contributed by atoms with Crippen LogP contribution in [0.15, 0.2) is 12.1 Å². The molecule has 120 valence electrons. The zero-order chi connectivity index (χ0) is 14.5. The summed E-state index contributed by atoms with van der Waals surface area (Å²) in [5, 5.41) is 4.12. The maximum absolute atomic E-state index is 14.3. The van der Waals surface area contributed by atoms with Gasteiger partial charge in [0.05, 0.1) is 10.0 Å². The maximum Gasteiger partial charge on any atom is 0.129 e. The van der Waals surface area contributed by atoms with Crippen molar-refractivity contribution in [2.24, 2.45) is 0 Å². The minimum atomic E-state index is -0.251. The number of nitrogens with one attached hydrogen (secondary N) is 1. The molecule has 0 amide bonds. The molecule has 1 atom stereocenters. The Morgan fingerprint density at radius 2 is 1.95 bits per heavy atom. The van der Waals surface area contributed by atoms with Gasteiger partial charge in [-0.3, -0.25) is 4.90 Å². The van der Waals surface area contributed by atoms with E-state index in [0.717, 1.165) is 45.4 Å². The van der Waals surface area contributed by atoms with Gasteiger partial charge in [-0.05, 0) is 18.6 Å². The van der Waals surface area contributed by atoms with Gasteiger partial charge in [-0.15, -0.1) is 12.4 Å². The highest BCUT2D eigenvalue weighted by Gasteiger charge is 2.27. The van der Waals surface area contributed by atoms with Crippen molar-refractivity contribution < 1.29 is 4.39 Å². The van der Waals surface area contributed by atoms with Crippen LogP contribution in [-0.4, -0.2) is 31.1 Å². The molecule has 1 aliphatic rings. The molecule has 0 unspecified atom stereocenters. The fourth-order valence-corrected chi connectivity index (χ4v) is 3.19. The lowest BCUT2D eigenvalue weighted by Crippen LogP contribution is -2.45. The molecular weight excluding hydrogens is 334 g/mol. The Labute approximate surface area is 142 Å². The van der Waals surface area contributed by atoms with Crippen LogP contribution in [0.25, 0.3) is 0 Å². The van der Waals surface area contributed by atoms with E-state index < -0.39 is 0 Å². The summed E-state index contributed by atoms with van der Waals surface area (Å²) in [6, 6.07) is 2.96. The van der Waals surface area contributed by atoms with Gasteiger partial charge in [-0.2, -0.15) is 0 Å². The summed E-state index contributed by atoms with van der Waals surface area (Å²) < 4.78 is 14.3. The van der Waals surface area contributed by atoms with Gasteiger partial charge >= 0.3 is 0 Å². The van der Waals surface area contributed by atoms with Crippen LogP contribution in [0.2, 0.25) is 10.0 Å². The van der Waals surface area contributed by atoms with Crippen LogP contribution in [0.4, 0.5) is 4.39 Å². The maximum atomic E-state index is 14.3. The fourth-order valence-electron chi connectivity index (χ4n) is 2.75. The molecule has 1 N–H and O–H groups in total. The zero-order valence-corrected chi connectivity index (χ0v) is 14.5. The van der Waals surface area contributed by atoms with Crippen molar-refractivity contribution >= 4 is 35.6 Å². The van der Waals surface area contributed by atoms with Crippen LogP contribution in [0.3, 0.4) is 0 Å². The van der Waals surface area contributed by atoms with Crippen molar-refractivity contribution in [2.75, 3.05) is 26.2 Å². The predicted molar refractivity (Wildman–Crippen MR) is 90.4 cm³/mol. The largest absolute Gasteiger partial charge is 0.314 e. The molecule has 0 aromatic heterocycles. The van der Waals surface area contributed by atoms with Crippen LogP contribution in [0.1, 0.15) is 37.8 Å². The number of hydrogen-bond donors (Lipinski definition) is 1. The molecule has 1 aromatic carbocycles. The highest BCUT2D eigenvalue weighted by atomic mass is 35.5. The third kappa shape index (κ3) is 4.70. The Balaban J connectivity index is 0.00000220. The molecule has 6 heteroatoms. The van der Waals surface area contributed by atoms with Crippen molar-refractivity contribution in [3.8, 4) is 0 Å². The highest BCUT2D eigenvalue weighted by Crippen LogP contribution is 2.37. The van der Waals surface area contributed by atoms with Crippen molar-refractivity contribution in [3.05, 3.63) is 33.6 Å². The molecule has 2 nitrogen and oxygen atoms in total. The zero-order valence-electron chi connectivity index (χ0n) is 12.2. The van der Waals surface area contributed by atoms with Crippen molar-refractivity contribution in [2.45, 2.75) is 32.2 Å². The molecule has 1 fully saturated rings. The van der Waals surface area contributed by atoms with E-state index in [1.54, 1.807) is 0 Å². The molecule has 0 bridgehead atoms. The summed E-state index contributed by atoms with van der Waals surface area (Å²) in [4.78, 5) is 2.31. The van der Waals surface area contributed by atoms with Crippen LogP contribution >= 0.6 is 35.6 Å². The van der Waals surface area contributed by atoms with Gasteiger partial charge in [-0.25, -0.2) is 4.39 Å². The third-order valence-electron chi connectivity index (χ3n) is 3.84. The van der Waals surface area contributed by atoms with Gasteiger partial charge in [0.15, 0.2) is 0 Å². The average Bonchev–Trinajstić information content (AvgIpc) is 2.47. The molecule has 1 heterocycles. The van der Waals surface area contributed by atoms with Gasteiger partial charge in [0, 0.05) is 37.8 Å². The van der Waals surface area contributed by atoms with E-state index in [-0.39, 0.29) is 24.3 Å². The Hall–Kier alpha value is -0.0600. The lowest BCUT2D eigenvalue weighted by Gasteiger charge is -2.36. The van der Waals surface area contributed by atoms with E-state index in [1.807, 2.05) is 0 Å². The predicted octanol–water partition coefficient (Wildman–Crippen LogP) is 4.69. The number of unbranched alkanes of at least 4 members (excludes halogenated alkanes) is 1. The van der Waals surface area contributed by atoms with Crippen LogP contribution in [-0.2, 0) is 0 Å². The standard InChI is InChI=1S/C15H21Cl2FN2.ClH/c1-2-3-4-13(20-9-7-19-8-10-20)14-12(18)6-5-11(16)15(14)17;/h5-6,13,19H,2-4,7-10H2,1H3;1H/t13-;/m0./s1. The van der Waals surface area contributed by atoms with Gasteiger partial charge < -0.3 is 5.32 Å². The van der Waals surface area contributed by atoms with Crippen LogP contribution in [0, 0.1) is 5.82 Å². The third-order valence-corrected chi connectivity index (χ3v) is 4.66. The molecule has 0 radical (unpaired) electrons. The Bertz CT molecular complexity index is 451. The second-order valence-corrected chi connectivity index (χ2v) is 5.99. The lowest BCUT2D eigenvalue weighted by molar-refractivity contribution is 0.160. The summed E-state index contributed by atoms with van der Waals surface area (Å²) in [7, 11) is 0. The van der Waals surface area contributed by atoms with Gasteiger partial charge in [0.25, 0.3) is 0 Å². The first-order chi connectivity index (χ1) is 9.65. The van der Waals surface area contributed by atoms with Gasteiger partial charge in [-0.1, -0.05) is 43.0 Å². The lowest BCUT2D eigenvalue weighted by atomic mass is 9.98. The topological polar surface area (TPSA) is 15.3 Å². The molecule has 1 aliphatic heterocycles. The van der Waals surface area contributed by atoms with E-state index in [9.17, 15) is 4.39 Å². The van der Waals surface area contributed by atoms with E-state index in [0.29, 0.717) is 15.6 Å². The number of halogens is 4. The molecule has 0 spiro atoms. The molecule has 1 aromatic rings. The molecule has 21 heavy (non-hydrogen) atoms. The molecule has 0 aliphatic carbocycles. The van der Waals surface area contributed by atoms with E-state index >= 15 is 0 Å². The second-order valence-electron chi connectivity index (χ2n) is 5.20. The van der Waals surface area contributed by atoms with Crippen molar-refractivity contribution in [3.63, 3.8) is 0 Å². The van der Waals surface area contributed by atoms with Crippen LogP contribution < -0.4 is 5.32 Å². The Morgan fingerprint density at radius 1 is 1.29 bits per heavy atom. The Morgan fingerprint density at radius 3 is 2.57 bits per heavy atom. The number of benzene rings is 1. The fraction of sp³-hybridized carbons (Fsp3) is 0.600. The van der Waals surface area contributed by atoms with E-state index in [2.05, 4.69) is 17.1 Å². The summed E-state index contributed by atoms with van der Waals surface area (Å²) in [6.07, 6.45) is 3.05. The number of piperazine rings is 1. The molecule has 1 saturated heterocycles.